The molecule has 25 heavy (non-hydrogen) atoms. The first-order chi connectivity index (χ1) is 12.0. The van der Waals surface area contributed by atoms with Crippen molar-refractivity contribution in [2.45, 2.75) is 12.5 Å². The van der Waals surface area contributed by atoms with Crippen LogP contribution >= 0.6 is 0 Å². The molecule has 0 aliphatic carbocycles. The maximum Gasteiger partial charge on any atom is 0.137 e. The topological polar surface area (TPSA) is 50.7 Å². The number of fused-ring (bicyclic) bond motifs is 1. The molecule has 1 atom stereocenters. The van der Waals surface area contributed by atoms with Crippen LogP contribution in [-0.4, -0.2) is 19.0 Å². The Morgan fingerprint density at radius 2 is 1.96 bits per heavy atom. The van der Waals surface area contributed by atoms with Crippen LogP contribution in [0.1, 0.15) is 12.5 Å². The summed E-state index contributed by atoms with van der Waals surface area (Å²) in [6.45, 7) is 12.6. The van der Waals surface area contributed by atoms with Crippen LogP contribution in [0.25, 0.3) is 10.8 Å². The molecule has 0 aliphatic rings. The van der Waals surface area contributed by atoms with Gasteiger partial charge in [-0.25, -0.2) is 0 Å². The van der Waals surface area contributed by atoms with E-state index >= 15 is 0 Å². The van der Waals surface area contributed by atoms with Crippen molar-refractivity contribution >= 4 is 35.6 Å². The van der Waals surface area contributed by atoms with Crippen LogP contribution < -0.4 is 5.73 Å². The molecule has 0 radical (unpaired) electrons. The molecule has 0 heterocycles. The highest BCUT2D eigenvalue weighted by molar-refractivity contribution is 5.99. The molecule has 2 rings (SSSR count). The number of nitrogen functional groups attached to an aromatic ring is 1. The van der Waals surface area contributed by atoms with E-state index in [9.17, 15) is 0 Å². The standard InChI is InChI=1S/C22H19N3/c1-5-6-14-22(2,25-4)15-8-7-9-17-10-12-19-18(16-17)11-13-20(24-3)21(19)23/h5-6,10-14,16H,1,3-4,23H2,2H3/b14-6+. The van der Waals surface area contributed by atoms with Gasteiger partial charge in [0.15, 0.2) is 0 Å². The maximum atomic E-state index is 6.08. The Balaban J connectivity index is 2.31. The Morgan fingerprint density at radius 1 is 1.16 bits per heavy atom. The number of nitrogens with two attached hydrogens (primary N) is 1. The maximum absolute atomic E-state index is 6.08. The van der Waals surface area contributed by atoms with E-state index in [2.05, 4.69) is 53.7 Å². The van der Waals surface area contributed by atoms with E-state index in [1.807, 2.05) is 43.3 Å². The van der Waals surface area contributed by atoms with Gasteiger partial charge in [0.05, 0.1) is 11.4 Å². The predicted octanol–water partition coefficient (Wildman–Crippen LogP) is 4.31. The fourth-order valence-corrected chi connectivity index (χ4v) is 2.21. The van der Waals surface area contributed by atoms with Crippen molar-refractivity contribution in [3.63, 3.8) is 0 Å². The van der Waals surface area contributed by atoms with Gasteiger partial charge in [-0.1, -0.05) is 42.7 Å². The minimum absolute atomic E-state index is 0.619. The molecule has 0 spiro atoms. The second-order valence-corrected chi connectivity index (χ2v) is 5.49. The summed E-state index contributed by atoms with van der Waals surface area (Å²) in [6.07, 6.45) is 5.29. The Hall–Kier alpha value is -3.56. The third-order valence-electron chi connectivity index (χ3n) is 3.68. The van der Waals surface area contributed by atoms with E-state index in [1.54, 1.807) is 12.2 Å². The molecule has 2 N–H and O–H groups in total. The molecule has 0 saturated heterocycles. The van der Waals surface area contributed by atoms with Crippen molar-refractivity contribution < 1.29 is 0 Å². The van der Waals surface area contributed by atoms with Gasteiger partial charge in [-0.15, -0.1) is 0 Å². The summed E-state index contributed by atoms with van der Waals surface area (Å²) in [5.74, 6) is 11.7. The molecule has 0 aromatic heterocycles. The summed E-state index contributed by atoms with van der Waals surface area (Å²) < 4.78 is 0. The molecule has 3 nitrogen and oxygen atoms in total. The van der Waals surface area contributed by atoms with Crippen molar-refractivity contribution in [1.29, 1.82) is 0 Å². The lowest BCUT2D eigenvalue weighted by molar-refractivity contribution is 0.774. The van der Waals surface area contributed by atoms with Crippen LogP contribution in [0, 0.1) is 23.7 Å². The number of rotatable bonds is 4. The van der Waals surface area contributed by atoms with Crippen LogP contribution in [0.2, 0.25) is 0 Å². The number of hydrogen-bond donors (Lipinski definition) is 1. The van der Waals surface area contributed by atoms with Gasteiger partial charge in [0.1, 0.15) is 5.54 Å². The average Bonchev–Trinajstić information content (AvgIpc) is 2.64. The van der Waals surface area contributed by atoms with Crippen LogP contribution in [0.5, 0.6) is 0 Å². The minimum Gasteiger partial charge on any atom is -0.396 e. The largest absolute Gasteiger partial charge is 0.396 e. The summed E-state index contributed by atoms with van der Waals surface area (Å²) in [5.41, 5.74) is 7.57. The first-order valence-electron chi connectivity index (χ1n) is 7.63. The van der Waals surface area contributed by atoms with Gasteiger partial charge in [-0.3, -0.25) is 9.98 Å². The van der Waals surface area contributed by atoms with E-state index in [0.717, 1.165) is 16.3 Å². The van der Waals surface area contributed by atoms with Gasteiger partial charge < -0.3 is 5.73 Å². The second kappa shape index (κ2) is 7.81. The fourth-order valence-electron chi connectivity index (χ4n) is 2.21. The number of benzene rings is 2. The third kappa shape index (κ3) is 4.25. The fraction of sp³-hybridized carbons (Fsp3) is 0.0909. The molecule has 2 aromatic rings. The van der Waals surface area contributed by atoms with Crippen molar-refractivity contribution in [3.05, 3.63) is 60.7 Å². The highest BCUT2D eigenvalue weighted by Crippen LogP contribution is 2.30. The predicted molar refractivity (Wildman–Crippen MR) is 110 cm³/mol. The van der Waals surface area contributed by atoms with E-state index < -0.39 is 5.54 Å². The van der Waals surface area contributed by atoms with Crippen LogP contribution in [0.4, 0.5) is 11.4 Å². The SMILES string of the molecule is C=C/C=C/C(C)(C#CC#Cc1ccc2c(N)c(N=C)ccc2c1)N=C. The minimum atomic E-state index is -0.672. The smallest absolute Gasteiger partial charge is 0.137 e. The Bertz CT molecular complexity index is 991. The van der Waals surface area contributed by atoms with E-state index in [1.165, 1.54) is 0 Å². The molecule has 0 bridgehead atoms. The number of allylic oxidation sites excluding steroid dienone is 2. The Kier molecular flexibility index (Phi) is 5.56. The Labute approximate surface area is 148 Å². The van der Waals surface area contributed by atoms with E-state index in [4.69, 9.17) is 5.73 Å². The summed E-state index contributed by atoms with van der Waals surface area (Å²) in [4.78, 5) is 7.92. The van der Waals surface area contributed by atoms with Gasteiger partial charge >= 0.3 is 0 Å². The number of aliphatic imine (C=N–C) groups is 2. The van der Waals surface area contributed by atoms with Crippen molar-refractivity contribution in [1.82, 2.24) is 0 Å². The van der Waals surface area contributed by atoms with Gasteiger partial charge in [0.25, 0.3) is 0 Å². The normalized spacial score (nSPS) is 12.4. The van der Waals surface area contributed by atoms with Crippen LogP contribution in [-0.2, 0) is 0 Å². The molecule has 1 unspecified atom stereocenters. The van der Waals surface area contributed by atoms with E-state index in [0.29, 0.717) is 11.4 Å². The summed E-state index contributed by atoms with van der Waals surface area (Å²) in [5, 5.41) is 1.93. The zero-order valence-electron chi connectivity index (χ0n) is 14.2. The summed E-state index contributed by atoms with van der Waals surface area (Å²) in [6, 6.07) is 9.60. The van der Waals surface area contributed by atoms with E-state index in [-0.39, 0.29) is 0 Å². The molecule has 122 valence electrons. The van der Waals surface area contributed by atoms with Gasteiger partial charge in [0, 0.05) is 10.9 Å². The van der Waals surface area contributed by atoms with Gasteiger partial charge in [-0.05, 0) is 61.9 Å². The molecule has 0 amide bonds. The van der Waals surface area contributed by atoms with Crippen LogP contribution in [0.15, 0.2) is 65.1 Å². The lowest BCUT2D eigenvalue weighted by atomic mass is 10.0. The lowest BCUT2D eigenvalue weighted by Gasteiger charge is -2.10. The first-order valence-corrected chi connectivity index (χ1v) is 7.63. The number of hydrogen-bond acceptors (Lipinski definition) is 3. The van der Waals surface area contributed by atoms with Crippen molar-refractivity contribution in [3.8, 4) is 23.7 Å². The highest BCUT2D eigenvalue weighted by atomic mass is 14.8. The zero-order valence-corrected chi connectivity index (χ0v) is 14.2. The number of nitrogens with zero attached hydrogens (tertiary/aromatic N) is 2. The Morgan fingerprint density at radius 3 is 2.64 bits per heavy atom. The quantitative estimate of drug-likeness (QED) is 0.387. The summed E-state index contributed by atoms with van der Waals surface area (Å²) in [7, 11) is 0. The van der Waals surface area contributed by atoms with Crippen molar-refractivity contribution in [2.75, 3.05) is 5.73 Å². The average molecular weight is 325 g/mol. The molecular formula is C22H19N3. The molecule has 3 heteroatoms. The first kappa shape index (κ1) is 17.8. The molecule has 0 aliphatic heterocycles. The third-order valence-corrected chi connectivity index (χ3v) is 3.68. The second-order valence-electron chi connectivity index (χ2n) is 5.49. The monoisotopic (exact) mass is 325 g/mol. The lowest BCUT2D eigenvalue weighted by Crippen LogP contribution is -2.14. The highest BCUT2D eigenvalue weighted by Gasteiger charge is 2.12. The molecule has 2 aromatic carbocycles. The summed E-state index contributed by atoms with van der Waals surface area (Å²) >= 11 is 0. The van der Waals surface area contributed by atoms with Crippen LogP contribution in [0.3, 0.4) is 0 Å². The van der Waals surface area contributed by atoms with Crippen molar-refractivity contribution in [2.24, 2.45) is 9.98 Å². The van der Waals surface area contributed by atoms with Gasteiger partial charge in [0.2, 0.25) is 0 Å². The zero-order chi connectivity index (χ0) is 18.3. The molecular weight excluding hydrogens is 306 g/mol. The molecule has 0 saturated carbocycles. The number of anilines is 1. The molecule has 0 fully saturated rings. The van der Waals surface area contributed by atoms with Gasteiger partial charge in [-0.2, -0.15) is 0 Å².